The first-order chi connectivity index (χ1) is 11.8. The number of nitrogens with zero attached hydrogens (tertiary/aromatic N) is 2. The second-order valence-corrected chi connectivity index (χ2v) is 7.03. The molecule has 4 heterocycles. The number of ether oxygens (including phenoxy) is 1. The summed E-state index contributed by atoms with van der Waals surface area (Å²) in [6.07, 6.45) is 0.563. The minimum Gasteiger partial charge on any atom is -0.461 e. The molecule has 0 saturated carbocycles. The van der Waals surface area contributed by atoms with Gasteiger partial charge < -0.3 is 9.15 Å². The summed E-state index contributed by atoms with van der Waals surface area (Å²) < 4.78 is 12.1. The minimum atomic E-state index is -0.323. The molecule has 1 aromatic carbocycles. The lowest BCUT2D eigenvalue weighted by atomic mass is 9.98. The first-order valence-electron chi connectivity index (χ1n) is 8.01. The van der Waals surface area contributed by atoms with Gasteiger partial charge in [-0.1, -0.05) is 24.3 Å². The molecule has 0 unspecified atom stereocenters. The maximum atomic E-state index is 6.24. The van der Waals surface area contributed by atoms with Gasteiger partial charge in [0.15, 0.2) is 5.76 Å². The van der Waals surface area contributed by atoms with E-state index in [9.17, 15) is 0 Å². The fraction of sp³-hybridized carbons (Fsp3) is 0.211. The van der Waals surface area contributed by atoms with E-state index in [4.69, 9.17) is 14.3 Å². The lowest BCUT2D eigenvalue weighted by Crippen LogP contribution is -2.33. The van der Waals surface area contributed by atoms with Crippen LogP contribution in [0, 0.1) is 6.92 Å². The standard InChI is InChI=1S/C19H16N2O2S/c1-12-8-9-17(22-12)19-21-15(13-5-2-3-6-16(13)23-19)11-14(20-21)18-7-4-10-24-18/h2-10,15,19H,11H2,1H3/t15-,19-/m0/s1. The van der Waals surface area contributed by atoms with Gasteiger partial charge in [-0.3, -0.25) is 0 Å². The summed E-state index contributed by atoms with van der Waals surface area (Å²) in [6, 6.07) is 16.5. The van der Waals surface area contributed by atoms with Crippen molar-refractivity contribution in [2.45, 2.75) is 25.6 Å². The summed E-state index contributed by atoms with van der Waals surface area (Å²) in [6.45, 7) is 1.95. The molecule has 0 fully saturated rings. The van der Waals surface area contributed by atoms with E-state index in [1.807, 2.05) is 31.2 Å². The fourth-order valence-electron chi connectivity index (χ4n) is 3.40. The Morgan fingerprint density at radius 2 is 2.04 bits per heavy atom. The molecule has 0 spiro atoms. The van der Waals surface area contributed by atoms with Crippen molar-refractivity contribution >= 4 is 17.0 Å². The Balaban J connectivity index is 1.61. The van der Waals surface area contributed by atoms with Crippen molar-refractivity contribution < 1.29 is 9.15 Å². The van der Waals surface area contributed by atoms with Crippen molar-refractivity contribution in [2.24, 2.45) is 5.10 Å². The summed E-state index contributed by atoms with van der Waals surface area (Å²) in [7, 11) is 0. The van der Waals surface area contributed by atoms with Gasteiger partial charge in [-0.15, -0.1) is 11.3 Å². The Kier molecular flexibility index (Phi) is 3.03. The molecule has 2 aliphatic rings. The molecule has 0 bridgehead atoms. The number of benzene rings is 1. The van der Waals surface area contributed by atoms with E-state index in [1.165, 1.54) is 10.4 Å². The van der Waals surface area contributed by atoms with Crippen LogP contribution in [0.3, 0.4) is 0 Å². The number of hydrogen-bond acceptors (Lipinski definition) is 5. The normalized spacial score (nSPS) is 21.9. The molecular weight excluding hydrogens is 320 g/mol. The van der Waals surface area contributed by atoms with Crippen LogP contribution in [-0.4, -0.2) is 10.7 Å². The van der Waals surface area contributed by atoms with Gasteiger partial charge in [0.25, 0.3) is 0 Å². The molecule has 0 radical (unpaired) electrons. The van der Waals surface area contributed by atoms with Crippen molar-refractivity contribution in [3.8, 4) is 5.75 Å². The fourth-order valence-corrected chi connectivity index (χ4v) is 4.12. The van der Waals surface area contributed by atoms with Crippen molar-refractivity contribution in [1.82, 2.24) is 5.01 Å². The topological polar surface area (TPSA) is 38.0 Å². The number of aryl methyl sites for hydroxylation is 1. The van der Waals surface area contributed by atoms with Crippen molar-refractivity contribution in [3.63, 3.8) is 0 Å². The van der Waals surface area contributed by atoms with Gasteiger partial charge in [-0.25, -0.2) is 5.01 Å². The monoisotopic (exact) mass is 336 g/mol. The van der Waals surface area contributed by atoms with Gasteiger partial charge in [0.1, 0.15) is 11.5 Å². The highest BCUT2D eigenvalue weighted by Gasteiger charge is 2.42. The molecule has 24 heavy (non-hydrogen) atoms. The Morgan fingerprint density at radius 1 is 1.12 bits per heavy atom. The van der Waals surface area contributed by atoms with Crippen LogP contribution in [0.1, 0.15) is 40.7 Å². The third-order valence-electron chi connectivity index (χ3n) is 4.51. The number of hydrogen-bond donors (Lipinski definition) is 0. The van der Waals surface area contributed by atoms with Crippen LogP contribution in [0.15, 0.2) is 63.4 Å². The van der Waals surface area contributed by atoms with E-state index < -0.39 is 0 Å². The minimum absolute atomic E-state index is 0.183. The second-order valence-electron chi connectivity index (χ2n) is 6.08. The molecule has 0 amide bonds. The SMILES string of the molecule is Cc1ccc([C@@H]2Oc3ccccc3[C@@H]3CC(c4cccs4)=NN32)o1. The predicted molar refractivity (Wildman–Crippen MR) is 93.3 cm³/mol. The molecule has 5 rings (SSSR count). The van der Waals surface area contributed by atoms with Crippen LogP contribution >= 0.6 is 11.3 Å². The van der Waals surface area contributed by atoms with E-state index >= 15 is 0 Å². The predicted octanol–water partition coefficient (Wildman–Crippen LogP) is 4.89. The third kappa shape index (κ3) is 2.08. The summed E-state index contributed by atoms with van der Waals surface area (Å²) in [4.78, 5) is 1.22. The number of hydrazone groups is 1. The van der Waals surface area contributed by atoms with Gasteiger partial charge >= 0.3 is 0 Å². The molecule has 2 aromatic heterocycles. The van der Waals surface area contributed by atoms with Gasteiger partial charge in [0.2, 0.25) is 6.23 Å². The summed E-state index contributed by atoms with van der Waals surface area (Å²) >= 11 is 1.73. The average molecular weight is 336 g/mol. The highest BCUT2D eigenvalue weighted by atomic mass is 32.1. The van der Waals surface area contributed by atoms with Gasteiger partial charge in [-0.2, -0.15) is 5.10 Å². The Hall–Kier alpha value is -2.53. The van der Waals surface area contributed by atoms with Crippen molar-refractivity contribution in [3.05, 3.63) is 75.9 Å². The summed E-state index contributed by atoms with van der Waals surface area (Å²) in [5.74, 6) is 2.59. The highest BCUT2D eigenvalue weighted by Crippen LogP contribution is 2.47. The van der Waals surface area contributed by atoms with Crippen LogP contribution in [0.25, 0.3) is 0 Å². The number of furan rings is 1. The van der Waals surface area contributed by atoms with Crippen molar-refractivity contribution in [2.75, 3.05) is 0 Å². The third-order valence-corrected chi connectivity index (χ3v) is 5.43. The zero-order valence-corrected chi connectivity index (χ0v) is 14.0. The summed E-state index contributed by atoms with van der Waals surface area (Å²) in [5, 5.41) is 9.04. The molecule has 0 saturated heterocycles. The Labute approximate surface area is 144 Å². The van der Waals surface area contributed by atoms with E-state index in [2.05, 4.69) is 34.7 Å². The molecule has 0 N–H and O–H groups in total. The van der Waals surface area contributed by atoms with Crippen LogP contribution < -0.4 is 4.74 Å². The van der Waals surface area contributed by atoms with Gasteiger partial charge in [0, 0.05) is 12.0 Å². The molecule has 2 atom stereocenters. The lowest BCUT2D eigenvalue weighted by molar-refractivity contribution is -0.0329. The Bertz CT molecular complexity index is 913. The van der Waals surface area contributed by atoms with Gasteiger partial charge in [0.05, 0.1) is 16.6 Å². The molecular formula is C19H16N2O2S. The summed E-state index contributed by atoms with van der Waals surface area (Å²) in [5.41, 5.74) is 2.30. The molecule has 120 valence electrons. The quantitative estimate of drug-likeness (QED) is 0.668. The maximum Gasteiger partial charge on any atom is 0.246 e. The smallest absolute Gasteiger partial charge is 0.246 e. The number of rotatable bonds is 2. The molecule has 0 aliphatic carbocycles. The van der Waals surface area contributed by atoms with Crippen LogP contribution in [0.4, 0.5) is 0 Å². The van der Waals surface area contributed by atoms with Gasteiger partial charge in [-0.05, 0) is 36.6 Å². The molecule has 2 aliphatic heterocycles. The van der Waals surface area contributed by atoms with E-state index in [-0.39, 0.29) is 12.3 Å². The Morgan fingerprint density at radius 3 is 2.83 bits per heavy atom. The highest BCUT2D eigenvalue weighted by molar-refractivity contribution is 7.12. The van der Waals surface area contributed by atoms with Crippen LogP contribution in [0.5, 0.6) is 5.75 Å². The van der Waals surface area contributed by atoms with Crippen LogP contribution in [0.2, 0.25) is 0 Å². The number of fused-ring (bicyclic) bond motifs is 3. The van der Waals surface area contributed by atoms with E-state index in [0.29, 0.717) is 0 Å². The first kappa shape index (κ1) is 13.9. The first-order valence-corrected chi connectivity index (χ1v) is 8.89. The largest absolute Gasteiger partial charge is 0.461 e. The maximum absolute atomic E-state index is 6.24. The molecule has 3 aromatic rings. The van der Waals surface area contributed by atoms with E-state index in [1.54, 1.807) is 11.3 Å². The number of thiophene rings is 1. The second kappa shape index (κ2) is 5.24. The van der Waals surface area contributed by atoms with Crippen molar-refractivity contribution in [1.29, 1.82) is 0 Å². The number of para-hydroxylation sites is 1. The zero-order valence-electron chi connectivity index (χ0n) is 13.2. The average Bonchev–Trinajstić information content (AvgIpc) is 3.34. The molecule has 4 nitrogen and oxygen atoms in total. The van der Waals surface area contributed by atoms with E-state index in [0.717, 1.165) is 29.4 Å². The zero-order chi connectivity index (χ0) is 16.1. The van der Waals surface area contributed by atoms with Crippen LogP contribution in [-0.2, 0) is 0 Å². The molecule has 5 heteroatoms. The lowest BCUT2D eigenvalue weighted by Gasteiger charge is -2.36.